The predicted octanol–water partition coefficient (Wildman–Crippen LogP) is 3.15. The minimum absolute atomic E-state index is 0. The van der Waals surface area contributed by atoms with Gasteiger partial charge in [-0.3, -0.25) is 9.59 Å². The summed E-state index contributed by atoms with van der Waals surface area (Å²) in [4.78, 5) is 23.5. The van der Waals surface area contributed by atoms with Gasteiger partial charge in [0.2, 0.25) is 0 Å². The quantitative estimate of drug-likeness (QED) is 0.768. The lowest BCUT2D eigenvalue weighted by molar-refractivity contribution is -0.142. The molecule has 0 spiro atoms. The van der Waals surface area contributed by atoms with Gasteiger partial charge in [0.15, 0.2) is 5.78 Å². The molecule has 130 valence electrons. The molecule has 24 heavy (non-hydrogen) atoms. The Bertz CT molecular complexity index is 623. The maximum atomic E-state index is 12.2. The van der Waals surface area contributed by atoms with Crippen molar-refractivity contribution in [3.05, 3.63) is 59.2 Å². The third-order valence-corrected chi connectivity index (χ3v) is 4.02. The molecule has 0 saturated carbocycles. The number of ketones is 1. The first-order valence-electron chi connectivity index (χ1n) is 7.89. The summed E-state index contributed by atoms with van der Waals surface area (Å²) >= 11 is 0. The van der Waals surface area contributed by atoms with E-state index in [9.17, 15) is 9.59 Å². The summed E-state index contributed by atoms with van der Waals surface area (Å²) in [7, 11) is 1.30. The highest BCUT2D eigenvalue weighted by atomic mass is 35.5. The van der Waals surface area contributed by atoms with Gasteiger partial charge in [0.25, 0.3) is 0 Å². The normalized spacial score (nSPS) is 15.0. The first-order valence-corrected chi connectivity index (χ1v) is 7.89. The number of halogens is 1. The predicted molar refractivity (Wildman–Crippen MR) is 97.0 cm³/mol. The van der Waals surface area contributed by atoms with Crippen LogP contribution in [0, 0.1) is 0 Å². The van der Waals surface area contributed by atoms with Crippen LogP contribution in [-0.2, 0) is 20.7 Å². The number of Topliss-reactive ketones (excluding diaryl/α,β-unsaturated/α-hetero) is 1. The van der Waals surface area contributed by atoms with E-state index in [0.29, 0.717) is 12.0 Å². The monoisotopic (exact) mass is 349 g/mol. The fraction of sp³-hybridized carbons (Fsp3) is 0.368. The van der Waals surface area contributed by atoms with Gasteiger partial charge in [0.1, 0.15) is 6.04 Å². The Balaban J connectivity index is 0.00000288. The second-order valence-corrected chi connectivity index (χ2v) is 5.79. The molecule has 0 bridgehead atoms. The molecule has 1 aliphatic rings. The SMILES string of the molecule is COC(=O)C(N)CC1=CC=C(CCCc2ccccc2)CC1=O.Cl. The molecule has 1 aliphatic carbocycles. The maximum absolute atomic E-state index is 12.2. The minimum atomic E-state index is -0.775. The number of benzene rings is 1. The lowest BCUT2D eigenvalue weighted by Crippen LogP contribution is -2.33. The highest BCUT2D eigenvalue weighted by Crippen LogP contribution is 2.22. The van der Waals surface area contributed by atoms with Crippen molar-refractivity contribution < 1.29 is 14.3 Å². The molecule has 1 unspecified atom stereocenters. The number of rotatable bonds is 7. The zero-order valence-corrected chi connectivity index (χ0v) is 14.7. The second kappa shape index (κ2) is 10.1. The summed E-state index contributed by atoms with van der Waals surface area (Å²) in [5, 5.41) is 0. The lowest BCUT2D eigenvalue weighted by Gasteiger charge is -2.16. The van der Waals surface area contributed by atoms with Crippen molar-refractivity contribution in [2.24, 2.45) is 5.73 Å². The second-order valence-electron chi connectivity index (χ2n) is 5.79. The van der Waals surface area contributed by atoms with E-state index in [-0.39, 0.29) is 24.6 Å². The smallest absolute Gasteiger partial charge is 0.322 e. The zero-order valence-electron chi connectivity index (χ0n) is 13.9. The first-order chi connectivity index (χ1) is 11.1. The molecule has 0 heterocycles. The number of methoxy groups -OCH3 is 1. The van der Waals surface area contributed by atoms with Gasteiger partial charge in [0.05, 0.1) is 7.11 Å². The third-order valence-electron chi connectivity index (χ3n) is 4.02. The van der Waals surface area contributed by atoms with Gasteiger partial charge in [-0.05, 0) is 30.4 Å². The van der Waals surface area contributed by atoms with Crippen LogP contribution in [0.2, 0.25) is 0 Å². The van der Waals surface area contributed by atoms with Crippen molar-refractivity contribution in [2.75, 3.05) is 7.11 Å². The summed E-state index contributed by atoms with van der Waals surface area (Å²) in [6.45, 7) is 0. The van der Waals surface area contributed by atoms with Gasteiger partial charge in [-0.25, -0.2) is 0 Å². The lowest BCUT2D eigenvalue weighted by atomic mass is 9.90. The van der Waals surface area contributed by atoms with E-state index in [0.717, 1.165) is 24.8 Å². The molecule has 4 nitrogen and oxygen atoms in total. The van der Waals surface area contributed by atoms with Gasteiger partial charge in [-0.2, -0.15) is 0 Å². The van der Waals surface area contributed by atoms with Crippen LogP contribution in [-0.4, -0.2) is 24.9 Å². The number of ether oxygens (including phenoxy) is 1. The number of aryl methyl sites for hydroxylation is 1. The molecule has 5 heteroatoms. The molecule has 0 fully saturated rings. The first kappa shape index (κ1) is 20.1. The standard InChI is InChI=1S/C19H23NO3.ClH/c1-23-19(22)17(20)13-16-11-10-15(12-18(16)21)9-5-8-14-6-3-2-4-7-14;/h2-4,6-7,10-11,17H,5,8-9,12-13,20H2,1H3;1H. The topological polar surface area (TPSA) is 69.4 Å². The summed E-state index contributed by atoms with van der Waals surface area (Å²) in [5.41, 5.74) is 8.77. The molecule has 2 rings (SSSR count). The number of nitrogens with two attached hydrogens (primary N) is 1. The number of carbonyl (C=O) groups excluding carboxylic acids is 2. The average Bonchev–Trinajstić information content (AvgIpc) is 2.57. The summed E-state index contributed by atoms with van der Waals surface area (Å²) in [5.74, 6) is -0.432. The molecule has 0 amide bonds. The van der Waals surface area contributed by atoms with Crippen LogP contribution in [0.5, 0.6) is 0 Å². The van der Waals surface area contributed by atoms with Crippen LogP contribution in [0.3, 0.4) is 0 Å². The van der Waals surface area contributed by atoms with E-state index in [1.807, 2.05) is 24.3 Å². The van der Waals surface area contributed by atoms with Crippen LogP contribution in [0.1, 0.15) is 31.2 Å². The van der Waals surface area contributed by atoms with Gasteiger partial charge >= 0.3 is 5.97 Å². The number of carbonyl (C=O) groups is 2. The highest BCUT2D eigenvalue weighted by molar-refractivity contribution is 5.99. The van der Waals surface area contributed by atoms with Crippen LogP contribution < -0.4 is 5.73 Å². The summed E-state index contributed by atoms with van der Waals surface area (Å²) < 4.78 is 4.59. The minimum Gasteiger partial charge on any atom is -0.468 e. The number of allylic oxidation sites excluding steroid dienone is 3. The zero-order chi connectivity index (χ0) is 16.7. The van der Waals surface area contributed by atoms with Crippen LogP contribution in [0.25, 0.3) is 0 Å². The van der Waals surface area contributed by atoms with E-state index >= 15 is 0 Å². The largest absolute Gasteiger partial charge is 0.468 e. The van der Waals surface area contributed by atoms with Gasteiger partial charge in [0, 0.05) is 12.8 Å². The van der Waals surface area contributed by atoms with Crippen molar-refractivity contribution in [1.29, 1.82) is 0 Å². The molecule has 2 N–H and O–H groups in total. The Kier molecular flexibility index (Phi) is 8.44. The van der Waals surface area contributed by atoms with Gasteiger partial charge < -0.3 is 10.5 Å². The Morgan fingerprint density at radius 1 is 1.21 bits per heavy atom. The van der Waals surface area contributed by atoms with Crippen molar-refractivity contribution in [2.45, 2.75) is 38.1 Å². The van der Waals surface area contributed by atoms with Crippen molar-refractivity contribution in [1.82, 2.24) is 0 Å². The Morgan fingerprint density at radius 2 is 1.92 bits per heavy atom. The van der Waals surface area contributed by atoms with Crippen molar-refractivity contribution in [3.63, 3.8) is 0 Å². The molecule has 1 aromatic carbocycles. The van der Waals surface area contributed by atoms with Crippen molar-refractivity contribution >= 4 is 24.2 Å². The summed E-state index contributed by atoms with van der Waals surface area (Å²) in [6, 6.07) is 9.55. The Morgan fingerprint density at radius 3 is 2.54 bits per heavy atom. The summed E-state index contributed by atoms with van der Waals surface area (Å²) in [6.07, 6.45) is 7.39. The average molecular weight is 350 g/mol. The molecule has 1 atom stereocenters. The molecule has 0 aromatic heterocycles. The van der Waals surface area contributed by atoms with Gasteiger partial charge in [-0.15, -0.1) is 12.4 Å². The number of hydrogen-bond acceptors (Lipinski definition) is 4. The highest BCUT2D eigenvalue weighted by Gasteiger charge is 2.21. The van der Waals surface area contributed by atoms with E-state index in [1.165, 1.54) is 12.7 Å². The van der Waals surface area contributed by atoms with Crippen LogP contribution >= 0.6 is 12.4 Å². The molecule has 1 aromatic rings. The Hall–Kier alpha value is -1.91. The molecular weight excluding hydrogens is 326 g/mol. The third kappa shape index (κ3) is 5.95. The van der Waals surface area contributed by atoms with E-state index < -0.39 is 12.0 Å². The van der Waals surface area contributed by atoms with Crippen LogP contribution in [0.4, 0.5) is 0 Å². The molecule has 0 aliphatic heterocycles. The fourth-order valence-corrected chi connectivity index (χ4v) is 2.68. The molecule has 0 saturated heterocycles. The Labute approximate surface area is 149 Å². The van der Waals surface area contributed by atoms with Crippen LogP contribution in [0.15, 0.2) is 53.6 Å². The van der Waals surface area contributed by atoms with E-state index in [2.05, 4.69) is 16.9 Å². The van der Waals surface area contributed by atoms with Crippen molar-refractivity contribution in [3.8, 4) is 0 Å². The maximum Gasteiger partial charge on any atom is 0.322 e. The van der Waals surface area contributed by atoms with Gasteiger partial charge in [-0.1, -0.05) is 48.1 Å². The molecule has 0 radical (unpaired) electrons. The fourth-order valence-electron chi connectivity index (χ4n) is 2.68. The molecular formula is C19H24ClNO3. The van der Waals surface area contributed by atoms with E-state index in [4.69, 9.17) is 5.73 Å². The number of esters is 1. The number of hydrogen-bond donors (Lipinski definition) is 1. The van der Waals surface area contributed by atoms with E-state index in [1.54, 1.807) is 6.08 Å².